The number of pyridine rings is 1. The van der Waals surface area contributed by atoms with E-state index in [-0.39, 0.29) is 0 Å². The van der Waals surface area contributed by atoms with Gasteiger partial charge in [0.1, 0.15) is 0 Å². The lowest BCUT2D eigenvalue weighted by Crippen LogP contribution is -2.37. The van der Waals surface area contributed by atoms with Crippen LogP contribution >= 0.6 is 0 Å². The van der Waals surface area contributed by atoms with Crippen LogP contribution in [0.25, 0.3) is 0 Å². The third-order valence-electron chi connectivity index (χ3n) is 3.35. The highest BCUT2D eigenvalue weighted by molar-refractivity contribution is 7.89. The van der Waals surface area contributed by atoms with E-state index in [1.807, 2.05) is 0 Å². The number of hydrogen-bond acceptors (Lipinski definition) is 4. The Morgan fingerprint density at radius 1 is 1.47 bits per heavy atom. The molecule has 0 bridgehead atoms. The van der Waals surface area contributed by atoms with E-state index in [9.17, 15) is 12.8 Å². The molecule has 1 aromatic rings. The first kappa shape index (κ1) is 14.4. The van der Waals surface area contributed by atoms with Gasteiger partial charge in [0.05, 0.1) is 0 Å². The Hall–Kier alpha value is -1.05. The molecule has 106 valence electrons. The Morgan fingerprint density at radius 3 is 2.79 bits per heavy atom. The van der Waals surface area contributed by atoms with Crippen LogP contribution in [0.5, 0.6) is 0 Å². The molecule has 0 spiro atoms. The molecule has 0 saturated carbocycles. The molecule has 0 amide bonds. The molecule has 19 heavy (non-hydrogen) atoms. The second kappa shape index (κ2) is 5.94. The standard InChI is InChI=1S/C12H18FN3O2S/c1-16(9-10-4-7-14-8-5-10)19(17,18)12-11(13)3-2-6-15-12/h2-3,6,10,14H,4-5,7-9H2,1H3. The number of hydrogen-bond donors (Lipinski definition) is 1. The summed E-state index contributed by atoms with van der Waals surface area (Å²) >= 11 is 0. The van der Waals surface area contributed by atoms with Crippen LogP contribution in [0, 0.1) is 11.7 Å². The number of sulfonamides is 1. The van der Waals surface area contributed by atoms with Crippen molar-refractivity contribution in [2.75, 3.05) is 26.7 Å². The molecule has 1 aromatic heterocycles. The Kier molecular flexibility index (Phi) is 4.49. The summed E-state index contributed by atoms with van der Waals surface area (Å²) in [6.45, 7) is 2.20. The third-order valence-corrected chi connectivity index (χ3v) is 5.11. The molecular weight excluding hydrogens is 269 g/mol. The van der Waals surface area contributed by atoms with E-state index in [1.165, 1.54) is 23.6 Å². The fourth-order valence-electron chi connectivity index (χ4n) is 2.23. The SMILES string of the molecule is CN(CC1CCNCC1)S(=O)(=O)c1ncccc1F. The van der Waals surface area contributed by atoms with Gasteiger partial charge in [-0.05, 0) is 44.0 Å². The first-order valence-corrected chi connectivity index (χ1v) is 7.73. The van der Waals surface area contributed by atoms with Gasteiger partial charge in [0.15, 0.2) is 5.82 Å². The molecule has 0 aromatic carbocycles. The molecule has 2 heterocycles. The van der Waals surface area contributed by atoms with Gasteiger partial charge in [-0.15, -0.1) is 0 Å². The summed E-state index contributed by atoms with van der Waals surface area (Å²) in [4.78, 5) is 3.65. The summed E-state index contributed by atoms with van der Waals surface area (Å²) in [5.41, 5.74) is 0. The van der Waals surface area contributed by atoms with Crippen molar-refractivity contribution >= 4 is 10.0 Å². The van der Waals surface area contributed by atoms with E-state index in [0.717, 1.165) is 32.0 Å². The highest BCUT2D eigenvalue weighted by atomic mass is 32.2. The van der Waals surface area contributed by atoms with Crippen molar-refractivity contribution in [3.8, 4) is 0 Å². The molecule has 1 fully saturated rings. The van der Waals surface area contributed by atoms with E-state index in [0.29, 0.717) is 12.5 Å². The molecule has 1 saturated heterocycles. The Labute approximate surface area is 112 Å². The number of rotatable bonds is 4. The minimum absolute atomic E-state index is 0.313. The normalized spacial score (nSPS) is 17.8. The second-order valence-corrected chi connectivity index (χ2v) is 6.73. The van der Waals surface area contributed by atoms with Crippen molar-refractivity contribution in [2.24, 2.45) is 5.92 Å². The van der Waals surface area contributed by atoms with Crippen LogP contribution in [-0.4, -0.2) is 44.4 Å². The van der Waals surface area contributed by atoms with Gasteiger partial charge < -0.3 is 5.32 Å². The Morgan fingerprint density at radius 2 is 2.16 bits per heavy atom. The maximum Gasteiger partial charge on any atom is 0.263 e. The number of nitrogens with zero attached hydrogens (tertiary/aromatic N) is 2. The predicted molar refractivity (Wildman–Crippen MR) is 69.6 cm³/mol. The quantitative estimate of drug-likeness (QED) is 0.891. The van der Waals surface area contributed by atoms with Gasteiger partial charge >= 0.3 is 0 Å². The lowest BCUT2D eigenvalue weighted by Gasteiger charge is -2.26. The Bertz CT molecular complexity index is 530. The smallest absolute Gasteiger partial charge is 0.263 e. The van der Waals surface area contributed by atoms with Crippen LogP contribution in [0.2, 0.25) is 0 Å². The number of halogens is 1. The topological polar surface area (TPSA) is 62.3 Å². The lowest BCUT2D eigenvalue weighted by molar-refractivity contribution is 0.310. The van der Waals surface area contributed by atoms with E-state index < -0.39 is 20.9 Å². The van der Waals surface area contributed by atoms with Crippen LogP contribution in [0.3, 0.4) is 0 Å². The summed E-state index contributed by atoms with van der Waals surface area (Å²) < 4.78 is 39.2. The van der Waals surface area contributed by atoms with Gasteiger partial charge in [-0.1, -0.05) is 0 Å². The zero-order valence-electron chi connectivity index (χ0n) is 10.8. The molecular formula is C12H18FN3O2S. The van der Waals surface area contributed by atoms with Gasteiger partial charge in [0, 0.05) is 19.8 Å². The van der Waals surface area contributed by atoms with Gasteiger partial charge in [-0.2, -0.15) is 4.31 Å². The first-order chi connectivity index (χ1) is 9.01. The monoisotopic (exact) mass is 287 g/mol. The van der Waals surface area contributed by atoms with Gasteiger partial charge in [-0.25, -0.2) is 17.8 Å². The summed E-state index contributed by atoms with van der Waals surface area (Å²) in [6, 6.07) is 2.49. The molecule has 0 radical (unpaired) electrons. The zero-order chi connectivity index (χ0) is 13.9. The predicted octanol–water partition coefficient (Wildman–Crippen LogP) is 0.841. The van der Waals surface area contributed by atoms with E-state index in [1.54, 1.807) is 0 Å². The fourth-order valence-corrected chi connectivity index (χ4v) is 3.45. The molecule has 1 aliphatic rings. The summed E-state index contributed by atoms with van der Waals surface area (Å²) in [7, 11) is -2.36. The van der Waals surface area contributed by atoms with Gasteiger partial charge in [-0.3, -0.25) is 0 Å². The maximum absolute atomic E-state index is 13.5. The second-order valence-electron chi connectivity index (χ2n) is 4.77. The van der Waals surface area contributed by atoms with E-state index >= 15 is 0 Å². The minimum Gasteiger partial charge on any atom is -0.317 e. The highest BCUT2D eigenvalue weighted by Crippen LogP contribution is 2.19. The fraction of sp³-hybridized carbons (Fsp3) is 0.583. The van der Waals surface area contributed by atoms with Crippen molar-refractivity contribution < 1.29 is 12.8 Å². The van der Waals surface area contributed by atoms with Crippen LogP contribution in [0.1, 0.15) is 12.8 Å². The highest BCUT2D eigenvalue weighted by Gasteiger charge is 2.28. The molecule has 1 N–H and O–H groups in total. The molecule has 7 heteroatoms. The van der Waals surface area contributed by atoms with Crippen LogP contribution < -0.4 is 5.32 Å². The van der Waals surface area contributed by atoms with Gasteiger partial charge in [0.25, 0.3) is 10.0 Å². The summed E-state index contributed by atoms with van der Waals surface area (Å²) in [6.07, 6.45) is 3.16. The molecule has 0 unspecified atom stereocenters. The minimum atomic E-state index is -3.84. The van der Waals surface area contributed by atoms with Crippen molar-refractivity contribution in [3.05, 3.63) is 24.1 Å². The summed E-state index contributed by atoms with van der Waals surface area (Å²) in [5.74, 6) is -0.493. The average Bonchev–Trinajstić information content (AvgIpc) is 2.40. The third kappa shape index (κ3) is 3.29. The van der Waals surface area contributed by atoms with Crippen molar-refractivity contribution in [1.82, 2.24) is 14.6 Å². The summed E-state index contributed by atoms with van der Waals surface area (Å²) in [5, 5.41) is 2.73. The largest absolute Gasteiger partial charge is 0.317 e. The van der Waals surface area contributed by atoms with Crippen LogP contribution in [0.15, 0.2) is 23.4 Å². The van der Waals surface area contributed by atoms with Crippen molar-refractivity contribution in [2.45, 2.75) is 17.9 Å². The molecule has 0 atom stereocenters. The van der Waals surface area contributed by atoms with E-state index in [4.69, 9.17) is 0 Å². The zero-order valence-corrected chi connectivity index (χ0v) is 11.7. The van der Waals surface area contributed by atoms with Crippen LogP contribution in [-0.2, 0) is 10.0 Å². The van der Waals surface area contributed by atoms with Crippen LogP contribution in [0.4, 0.5) is 4.39 Å². The number of nitrogens with one attached hydrogen (secondary N) is 1. The maximum atomic E-state index is 13.5. The van der Waals surface area contributed by atoms with Gasteiger partial charge in [0.2, 0.25) is 5.03 Å². The van der Waals surface area contributed by atoms with Crippen molar-refractivity contribution in [1.29, 1.82) is 0 Å². The lowest BCUT2D eigenvalue weighted by atomic mass is 9.98. The molecule has 5 nitrogen and oxygen atoms in total. The number of piperidine rings is 1. The molecule has 2 rings (SSSR count). The number of aromatic nitrogens is 1. The molecule has 1 aliphatic heterocycles. The van der Waals surface area contributed by atoms with Crippen molar-refractivity contribution in [3.63, 3.8) is 0 Å². The average molecular weight is 287 g/mol. The Balaban J connectivity index is 2.13. The first-order valence-electron chi connectivity index (χ1n) is 6.29. The van der Waals surface area contributed by atoms with E-state index in [2.05, 4.69) is 10.3 Å². The molecule has 0 aliphatic carbocycles.